The van der Waals surface area contributed by atoms with E-state index in [4.69, 9.17) is 4.74 Å². The van der Waals surface area contributed by atoms with Gasteiger partial charge in [0.1, 0.15) is 0 Å². The number of morpholine rings is 1. The first kappa shape index (κ1) is 21.9. The topological polar surface area (TPSA) is 60.4 Å². The number of thioether (sulfide) groups is 1. The summed E-state index contributed by atoms with van der Waals surface area (Å²) >= 11 is 1.87. The van der Waals surface area contributed by atoms with Crippen LogP contribution >= 0.6 is 11.8 Å². The molecule has 0 saturated carbocycles. The van der Waals surface area contributed by atoms with Gasteiger partial charge in [-0.05, 0) is 12.1 Å². The Kier molecular flexibility index (Phi) is 8.64. The molecule has 3 rings (SSSR count). The number of amides is 1. The summed E-state index contributed by atoms with van der Waals surface area (Å²) in [6.45, 7) is 9.87. The van der Waals surface area contributed by atoms with Crippen molar-refractivity contribution in [2.45, 2.75) is 17.1 Å². The zero-order chi connectivity index (χ0) is 20.5. The molecule has 0 aromatic heterocycles. The number of guanidine groups is 1. The molecule has 8 heteroatoms. The van der Waals surface area contributed by atoms with Crippen molar-refractivity contribution in [3.05, 3.63) is 30.3 Å². The third kappa shape index (κ3) is 6.90. The monoisotopic (exact) mass is 419 g/mol. The summed E-state index contributed by atoms with van der Waals surface area (Å²) in [5, 5.41) is 3.96. The number of rotatable bonds is 6. The van der Waals surface area contributed by atoms with Gasteiger partial charge in [0.05, 0.1) is 19.8 Å². The lowest BCUT2D eigenvalue weighted by atomic mass is 10.3. The highest BCUT2D eigenvalue weighted by molar-refractivity contribution is 8.00. The van der Waals surface area contributed by atoms with E-state index < -0.39 is 0 Å². The van der Waals surface area contributed by atoms with Crippen molar-refractivity contribution in [3.8, 4) is 0 Å². The van der Waals surface area contributed by atoms with Gasteiger partial charge in [-0.3, -0.25) is 14.7 Å². The van der Waals surface area contributed by atoms with Gasteiger partial charge in [-0.1, -0.05) is 25.1 Å². The second kappa shape index (κ2) is 11.4. The van der Waals surface area contributed by atoms with Crippen LogP contribution in [-0.4, -0.2) is 104 Å². The first-order valence-corrected chi connectivity index (χ1v) is 11.3. The molecular weight excluding hydrogens is 386 g/mol. The van der Waals surface area contributed by atoms with E-state index in [2.05, 4.69) is 51.3 Å². The fourth-order valence-corrected chi connectivity index (χ4v) is 4.51. The average Bonchev–Trinajstić information content (AvgIpc) is 2.76. The van der Waals surface area contributed by atoms with E-state index in [-0.39, 0.29) is 5.91 Å². The molecular formula is C21H33N5O2S. The predicted molar refractivity (Wildman–Crippen MR) is 119 cm³/mol. The number of nitrogens with zero attached hydrogens (tertiary/aromatic N) is 4. The van der Waals surface area contributed by atoms with Gasteiger partial charge >= 0.3 is 0 Å². The second-order valence-electron chi connectivity index (χ2n) is 7.43. The molecule has 1 amide bonds. The van der Waals surface area contributed by atoms with Gasteiger partial charge in [0.2, 0.25) is 5.91 Å². The van der Waals surface area contributed by atoms with E-state index in [0.717, 1.165) is 38.7 Å². The average molecular weight is 420 g/mol. The molecule has 1 atom stereocenters. The molecule has 0 spiro atoms. The highest BCUT2D eigenvalue weighted by atomic mass is 32.2. The molecule has 0 radical (unpaired) electrons. The molecule has 2 aliphatic heterocycles. The number of piperazine rings is 1. The third-order valence-corrected chi connectivity index (χ3v) is 6.35. The van der Waals surface area contributed by atoms with E-state index in [9.17, 15) is 4.79 Å². The van der Waals surface area contributed by atoms with Crippen molar-refractivity contribution in [2.75, 3.05) is 72.6 Å². The van der Waals surface area contributed by atoms with E-state index in [1.54, 1.807) is 0 Å². The Morgan fingerprint density at radius 3 is 2.45 bits per heavy atom. The first-order valence-electron chi connectivity index (χ1n) is 10.4. The van der Waals surface area contributed by atoms with Crippen LogP contribution in [0.2, 0.25) is 0 Å². The molecule has 160 valence electrons. The largest absolute Gasteiger partial charge is 0.378 e. The minimum absolute atomic E-state index is 0.219. The first-order chi connectivity index (χ1) is 14.2. The number of carbonyl (C=O) groups is 1. The molecule has 29 heavy (non-hydrogen) atoms. The lowest BCUT2D eigenvalue weighted by Gasteiger charge is -2.37. The van der Waals surface area contributed by atoms with Crippen LogP contribution in [0.25, 0.3) is 0 Å². The minimum atomic E-state index is 0.219. The zero-order valence-corrected chi connectivity index (χ0v) is 18.4. The molecule has 1 unspecified atom stereocenters. The molecule has 7 nitrogen and oxygen atoms in total. The van der Waals surface area contributed by atoms with Crippen molar-refractivity contribution >= 4 is 23.6 Å². The maximum atomic E-state index is 12.4. The normalized spacial score (nSPS) is 19.9. The van der Waals surface area contributed by atoms with Gasteiger partial charge in [-0.2, -0.15) is 0 Å². The lowest BCUT2D eigenvalue weighted by Crippen LogP contribution is -2.55. The summed E-state index contributed by atoms with van der Waals surface area (Å²) in [6.07, 6.45) is 0. The van der Waals surface area contributed by atoms with E-state index in [1.807, 2.05) is 29.8 Å². The quantitative estimate of drug-likeness (QED) is 0.425. The Bertz CT molecular complexity index is 658. The number of aliphatic imine (C=N–C) groups is 1. The minimum Gasteiger partial charge on any atom is -0.378 e. The van der Waals surface area contributed by atoms with Crippen molar-refractivity contribution in [3.63, 3.8) is 0 Å². The maximum Gasteiger partial charge on any atom is 0.236 e. The van der Waals surface area contributed by atoms with Crippen molar-refractivity contribution in [2.24, 2.45) is 4.99 Å². The summed E-state index contributed by atoms with van der Waals surface area (Å²) in [5.74, 6) is 1.17. The van der Waals surface area contributed by atoms with E-state index in [1.165, 1.54) is 4.90 Å². The fraction of sp³-hybridized carbons (Fsp3) is 0.619. The molecule has 2 aliphatic rings. The Morgan fingerprint density at radius 2 is 1.79 bits per heavy atom. The number of carbonyl (C=O) groups excluding carboxylic acids is 1. The smallest absolute Gasteiger partial charge is 0.236 e. The van der Waals surface area contributed by atoms with Crippen LogP contribution < -0.4 is 5.32 Å². The molecule has 2 fully saturated rings. The van der Waals surface area contributed by atoms with Crippen LogP contribution in [0.1, 0.15) is 6.92 Å². The van der Waals surface area contributed by atoms with E-state index >= 15 is 0 Å². The van der Waals surface area contributed by atoms with Crippen LogP contribution in [0.4, 0.5) is 0 Å². The number of hydrogen-bond acceptors (Lipinski definition) is 5. The molecule has 0 aliphatic carbocycles. The Labute approximate surface area is 178 Å². The third-order valence-electron chi connectivity index (χ3n) is 5.23. The van der Waals surface area contributed by atoms with Gasteiger partial charge in [0.25, 0.3) is 0 Å². The Hall–Kier alpha value is -1.77. The Balaban J connectivity index is 1.38. The molecule has 2 heterocycles. The summed E-state index contributed by atoms with van der Waals surface area (Å²) in [5.41, 5.74) is 0. The fourth-order valence-electron chi connectivity index (χ4n) is 3.56. The lowest BCUT2D eigenvalue weighted by molar-refractivity contribution is -0.136. The summed E-state index contributed by atoms with van der Waals surface area (Å²) in [4.78, 5) is 24.6. The summed E-state index contributed by atoms with van der Waals surface area (Å²) in [7, 11) is 1.84. The molecule has 2 saturated heterocycles. The molecule has 1 aromatic carbocycles. The van der Waals surface area contributed by atoms with Crippen LogP contribution in [0.5, 0.6) is 0 Å². The number of benzene rings is 1. The second-order valence-corrected chi connectivity index (χ2v) is 8.94. The van der Waals surface area contributed by atoms with Crippen molar-refractivity contribution < 1.29 is 9.53 Å². The van der Waals surface area contributed by atoms with Crippen LogP contribution in [-0.2, 0) is 9.53 Å². The standard InChI is InChI=1S/C21H33N5O2S/c1-18(29-19-6-4-3-5-7-19)16-23-21(22-2)26-10-8-24(9-11-26)17-20(27)25-12-14-28-15-13-25/h3-7,18H,8-17H2,1-2H3,(H,22,23). The van der Waals surface area contributed by atoms with Gasteiger partial charge in [-0.25, -0.2) is 0 Å². The highest BCUT2D eigenvalue weighted by Gasteiger charge is 2.24. The van der Waals surface area contributed by atoms with E-state index in [0.29, 0.717) is 38.1 Å². The number of nitrogens with one attached hydrogen (secondary N) is 1. The van der Waals surface area contributed by atoms with Gasteiger partial charge in [-0.15, -0.1) is 11.8 Å². The zero-order valence-electron chi connectivity index (χ0n) is 17.5. The molecule has 1 aromatic rings. The maximum absolute atomic E-state index is 12.4. The van der Waals surface area contributed by atoms with Gasteiger partial charge in [0.15, 0.2) is 5.96 Å². The molecule has 0 bridgehead atoms. The molecule has 1 N–H and O–H groups in total. The van der Waals surface area contributed by atoms with Crippen LogP contribution in [0, 0.1) is 0 Å². The number of hydrogen-bond donors (Lipinski definition) is 1. The Morgan fingerprint density at radius 1 is 1.10 bits per heavy atom. The van der Waals surface area contributed by atoms with Gasteiger partial charge in [0, 0.05) is 63.0 Å². The van der Waals surface area contributed by atoms with Crippen molar-refractivity contribution in [1.82, 2.24) is 20.0 Å². The van der Waals surface area contributed by atoms with Gasteiger partial charge < -0.3 is 19.9 Å². The summed E-state index contributed by atoms with van der Waals surface area (Å²) < 4.78 is 5.33. The number of ether oxygens (including phenoxy) is 1. The predicted octanol–water partition coefficient (Wildman–Crippen LogP) is 1.22. The van der Waals surface area contributed by atoms with Crippen molar-refractivity contribution in [1.29, 1.82) is 0 Å². The van der Waals surface area contributed by atoms with Crippen LogP contribution in [0.3, 0.4) is 0 Å². The summed E-state index contributed by atoms with van der Waals surface area (Å²) in [6, 6.07) is 10.5. The highest BCUT2D eigenvalue weighted by Crippen LogP contribution is 2.22. The van der Waals surface area contributed by atoms with Crippen LogP contribution in [0.15, 0.2) is 40.2 Å². The SMILES string of the molecule is CN=C(NCC(C)Sc1ccccc1)N1CCN(CC(=O)N2CCOCC2)CC1.